The first-order chi connectivity index (χ1) is 15.6. The van der Waals surface area contributed by atoms with E-state index in [4.69, 9.17) is 0 Å². The van der Waals surface area contributed by atoms with Crippen molar-refractivity contribution in [3.8, 4) is 0 Å². The summed E-state index contributed by atoms with van der Waals surface area (Å²) in [5.41, 5.74) is 0. The van der Waals surface area contributed by atoms with Crippen molar-refractivity contribution < 1.29 is 4.79 Å². The van der Waals surface area contributed by atoms with Crippen LogP contribution in [0.2, 0.25) is 0 Å². The summed E-state index contributed by atoms with van der Waals surface area (Å²) in [6, 6.07) is 0. The molecule has 0 fully saturated rings. The molecule has 0 aliphatic heterocycles. The Balaban J connectivity index is 3.70. The van der Waals surface area contributed by atoms with E-state index in [1.165, 1.54) is 141 Å². The van der Waals surface area contributed by atoms with E-state index in [2.05, 4.69) is 13.8 Å². The molecule has 0 aliphatic rings. The minimum atomic E-state index is 0.266. The third kappa shape index (κ3) is 21.3. The van der Waals surface area contributed by atoms with Crippen LogP contribution >= 0.6 is 0 Å². The van der Waals surface area contributed by atoms with Gasteiger partial charge >= 0.3 is 0 Å². The summed E-state index contributed by atoms with van der Waals surface area (Å²) >= 11 is 0. The first kappa shape index (κ1) is 31.5. The van der Waals surface area contributed by atoms with Crippen molar-refractivity contribution >= 4 is 5.91 Å². The van der Waals surface area contributed by atoms with Crippen LogP contribution in [-0.4, -0.2) is 24.9 Å². The quantitative estimate of drug-likeness (QED) is 0.126. The Morgan fingerprint density at radius 3 is 0.969 bits per heavy atom. The molecule has 0 bridgehead atoms. The zero-order valence-corrected chi connectivity index (χ0v) is 22.9. The third-order valence-electron chi connectivity index (χ3n) is 7.10. The third-order valence-corrected chi connectivity index (χ3v) is 7.10. The van der Waals surface area contributed by atoms with Crippen LogP contribution in [0.5, 0.6) is 0 Å². The molecule has 1 unspecified atom stereocenters. The van der Waals surface area contributed by atoms with Gasteiger partial charge in [0.1, 0.15) is 0 Å². The van der Waals surface area contributed by atoms with Gasteiger partial charge in [-0.05, 0) is 12.8 Å². The van der Waals surface area contributed by atoms with E-state index in [9.17, 15) is 4.79 Å². The first-order valence-corrected chi connectivity index (χ1v) is 14.8. The minimum Gasteiger partial charge on any atom is -0.349 e. The fraction of sp³-hybridized carbons (Fsp3) is 0.967. The highest BCUT2D eigenvalue weighted by atomic mass is 16.2. The second-order valence-corrected chi connectivity index (χ2v) is 10.6. The lowest BCUT2D eigenvalue weighted by Gasteiger charge is -2.20. The highest BCUT2D eigenvalue weighted by molar-refractivity contribution is 5.78. The Labute approximate surface area is 203 Å². The Hall–Kier alpha value is -0.530. The van der Waals surface area contributed by atoms with Gasteiger partial charge in [-0.15, -0.1) is 0 Å². The molecule has 0 aromatic carbocycles. The lowest BCUT2D eigenvalue weighted by molar-refractivity contribution is -0.133. The number of hydrogen-bond donors (Lipinski definition) is 0. The number of amides is 1. The number of carbonyl (C=O) groups excluding carboxylic acids is 1. The summed E-state index contributed by atoms with van der Waals surface area (Å²) in [7, 11) is 3.85. The summed E-state index contributed by atoms with van der Waals surface area (Å²) in [5.74, 6) is 0.631. The summed E-state index contributed by atoms with van der Waals surface area (Å²) < 4.78 is 0. The molecule has 192 valence electrons. The maximum atomic E-state index is 12.6. The van der Waals surface area contributed by atoms with Crippen molar-refractivity contribution in [3.05, 3.63) is 0 Å². The second-order valence-electron chi connectivity index (χ2n) is 10.6. The van der Waals surface area contributed by atoms with E-state index in [0.717, 1.165) is 12.8 Å². The van der Waals surface area contributed by atoms with Crippen molar-refractivity contribution in [1.82, 2.24) is 4.90 Å². The van der Waals surface area contributed by atoms with Gasteiger partial charge in [-0.25, -0.2) is 0 Å². The minimum absolute atomic E-state index is 0.266. The van der Waals surface area contributed by atoms with Gasteiger partial charge in [-0.2, -0.15) is 0 Å². The van der Waals surface area contributed by atoms with E-state index in [1.807, 2.05) is 19.0 Å². The van der Waals surface area contributed by atoms with Crippen molar-refractivity contribution in [2.45, 2.75) is 168 Å². The Morgan fingerprint density at radius 1 is 0.469 bits per heavy atom. The number of hydrogen-bond acceptors (Lipinski definition) is 1. The van der Waals surface area contributed by atoms with Crippen LogP contribution in [0.15, 0.2) is 0 Å². The predicted molar refractivity (Wildman–Crippen MR) is 144 cm³/mol. The van der Waals surface area contributed by atoms with E-state index < -0.39 is 0 Å². The van der Waals surface area contributed by atoms with Crippen LogP contribution in [0.1, 0.15) is 168 Å². The van der Waals surface area contributed by atoms with Crippen molar-refractivity contribution in [2.24, 2.45) is 5.92 Å². The van der Waals surface area contributed by atoms with Gasteiger partial charge in [0.15, 0.2) is 0 Å². The summed E-state index contributed by atoms with van der Waals surface area (Å²) in [4.78, 5) is 14.4. The molecule has 0 aromatic heterocycles. The standard InChI is InChI=1S/C30H61NO/c1-5-7-9-11-13-15-17-18-20-22-24-26-28-29(30(32)31(3)4)27-25-23-21-19-16-14-12-10-8-6-2/h29H,5-28H2,1-4H3. The van der Waals surface area contributed by atoms with E-state index in [0.29, 0.717) is 5.91 Å². The molecule has 0 spiro atoms. The summed E-state index contributed by atoms with van der Waals surface area (Å²) in [5, 5.41) is 0. The second kappa shape index (κ2) is 25.1. The van der Waals surface area contributed by atoms with Crippen molar-refractivity contribution in [1.29, 1.82) is 0 Å². The molecule has 0 aliphatic carbocycles. The molecule has 0 saturated carbocycles. The van der Waals surface area contributed by atoms with Crippen molar-refractivity contribution in [2.75, 3.05) is 14.1 Å². The average molecular weight is 452 g/mol. The van der Waals surface area contributed by atoms with Crippen LogP contribution < -0.4 is 0 Å². The van der Waals surface area contributed by atoms with Crippen LogP contribution in [0.4, 0.5) is 0 Å². The maximum Gasteiger partial charge on any atom is 0.225 e. The molecule has 0 N–H and O–H groups in total. The smallest absolute Gasteiger partial charge is 0.225 e. The maximum absolute atomic E-state index is 12.6. The first-order valence-electron chi connectivity index (χ1n) is 14.8. The molecule has 32 heavy (non-hydrogen) atoms. The molecular formula is C30H61NO. The van der Waals surface area contributed by atoms with Gasteiger partial charge in [-0.3, -0.25) is 4.79 Å². The highest BCUT2D eigenvalue weighted by Crippen LogP contribution is 2.21. The molecule has 0 aromatic rings. The zero-order chi connectivity index (χ0) is 23.7. The molecule has 1 atom stereocenters. The molecule has 0 radical (unpaired) electrons. The fourth-order valence-corrected chi connectivity index (χ4v) is 4.87. The lowest BCUT2D eigenvalue weighted by atomic mass is 9.93. The van der Waals surface area contributed by atoms with Crippen LogP contribution in [-0.2, 0) is 4.79 Å². The monoisotopic (exact) mass is 451 g/mol. The molecule has 0 rings (SSSR count). The number of nitrogens with zero attached hydrogens (tertiary/aromatic N) is 1. The highest BCUT2D eigenvalue weighted by Gasteiger charge is 2.19. The Kier molecular flexibility index (Phi) is 24.7. The zero-order valence-electron chi connectivity index (χ0n) is 22.9. The topological polar surface area (TPSA) is 20.3 Å². The lowest BCUT2D eigenvalue weighted by Crippen LogP contribution is -2.29. The van der Waals surface area contributed by atoms with Gasteiger partial charge in [0, 0.05) is 20.0 Å². The Bertz CT molecular complexity index is 379. The molecule has 0 saturated heterocycles. The molecule has 1 amide bonds. The normalized spacial score (nSPS) is 12.2. The van der Waals surface area contributed by atoms with Crippen LogP contribution in [0, 0.1) is 5.92 Å². The van der Waals surface area contributed by atoms with Gasteiger partial charge in [0.05, 0.1) is 0 Å². The van der Waals surface area contributed by atoms with Crippen LogP contribution in [0.25, 0.3) is 0 Å². The van der Waals surface area contributed by atoms with Gasteiger partial charge in [-0.1, -0.05) is 155 Å². The van der Waals surface area contributed by atoms with E-state index in [1.54, 1.807) is 0 Å². The van der Waals surface area contributed by atoms with E-state index in [-0.39, 0.29) is 5.92 Å². The molecule has 0 heterocycles. The number of unbranched alkanes of at least 4 members (excludes halogenated alkanes) is 20. The fourth-order valence-electron chi connectivity index (χ4n) is 4.87. The number of carbonyl (C=O) groups is 1. The number of rotatable bonds is 25. The van der Waals surface area contributed by atoms with Gasteiger partial charge in [0.25, 0.3) is 0 Å². The molecule has 2 nitrogen and oxygen atoms in total. The SMILES string of the molecule is CCCCCCCCCCCCCCC(CCCCCCCCCCCC)C(=O)N(C)C. The molecule has 2 heteroatoms. The average Bonchev–Trinajstić information content (AvgIpc) is 2.79. The van der Waals surface area contributed by atoms with E-state index >= 15 is 0 Å². The summed E-state index contributed by atoms with van der Waals surface area (Å²) in [6.45, 7) is 4.57. The van der Waals surface area contributed by atoms with Gasteiger partial charge < -0.3 is 4.90 Å². The van der Waals surface area contributed by atoms with Crippen LogP contribution in [0.3, 0.4) is 0 Å². The Morgan fingerprint density at radius 2 is 0.719 bits per heavy atom. The van der Waals surface area contributed by atoms with Crippen molar-refractivity contribution in [3.63, 3.8) is 0 Å². The molecular weight excluding hydrogens is 390 g/mol. The largest absolute Gasteiger partial charge is 0.349 e. The summed E-state index contributed by atoms with van der Waals surface area (Å²) in [6.07, 6.45) is 32.5. The predicted octanol–water partition coefficient (Wildman–Crippen LogP) is 10.1. The van der Waals surface area contributed by atoms with Gasteiger partial charge in [0.2, 0.25) is 5.91 Å².